The van der Waals surface area contributed by atoms with E-state index in [1.54, 1.807) is 24.3 Å². The van der Waals surface area contributed by atoms with E-state index in [1.807, 2.05) is 36.4 Å². The second-order valence-corrected chi connectivity index (χ2v) is 7.38. The number of hydrogen-bond acceptors (Lipinski definition) is 6. The maximum atomic E-state index is 11.7. The topological polar surface area (TPSA) is 84.4 Å². The number of benzene rings is 2. The predicted octanol–water partition coefficient (Wildman–Crippen LogP) is 3.07. The van der Waals surface area contributed by atoms with Crippen LogP contribution in [0, 0.1) is 0 Å². The molecule has 8 heteroatoms. The van der Waals surface area contributed by atoms with E-state index in [4.69, 9.17) is 4.18 Å². The lowest BCUT2D eigenvalue weighted by Crippen LogP contribution is -2.26. The SMILES string of the molecule is CN(C)S(=O)(=O)Oc1ccc(Nc2cc(-c3ccccc3)ncn2)cc1. The van der Waals surface area contributed by atoms with E-state index in [1.165, 1.54) is 20.4 Å². The molecule has 134 valence electrons. The monoisotopic (exact) mass is 370 g/mol. The number of rotatable bonds is 6. The van der Waals surface area contributed by atoms with Crippen LogP contribution in [-0.2, 0) is 10.3 Å². The molecule has 0 aliphatic rings. The van der Waals surface area contributed by atoms with Gasteiger partial charge in [0, 0.05) is 31.4 Å². The van der Waals surface area contributed by atoms with Gasteiger partial charge in [-0.25, -0.2) is 9.97 Å². The molecular formula is C18H18N4O3S. The van der Waals surface area contributed by atoms with Crippen LogP contribution in [0.15, 0.2) is 67.0 Å². The Kier molecular flexibility index (Phi) is 5.15. The van der Waals surface area contributed by atoms with Gasteiger partial charge in [0.2, 0.25) is 0 Å². The Labute approximate surface area is 152 Å². The van der Waals surface area contributed by atoms with Crippen LogP contribution in [0.2, 0.25) is 0 Å². The molecular weight excluding hydrogens is 352 g/mol. The van der Waals surface area contributed by atoms with Crippen molar-refractivity contribution in [2.45, 2.75) is 0 Å². The van der Waals surface area contributed by atoms with Gasteiger partial charge in [0.25, 0.3) is 0 Å². The van der Waals surface area contributed by atoms with Gasteiger partial charge in [-0.05, 0) is 24.3 Å². The molecule has 7 nitrogen and oxygen atoms in total. The van der Waals surface area contributed by atoms with Crippen molar-refractivity contribution in [1.29, 1.82) is 0 Å². The van der Waals surface area contributed by atoms with Gasteiger partial charge in [0.15, 0.2) is 0 Å². The lowest BCUT2D eigenvalue weighted by atomic mass is 10.1. The first-order valence-electron chi connectivity index (χ1n) is 7.80. The summed E-state index contributed by atoms with van der Waals surface area (Å²) < 4.78 is 29.4. The smallest absolute Gasteiger partial charge is 0.371 e. The van der Waals surface area contributed by atoms with Crippen molar-refractivity contribution in [3.8, 4) is 17.0 Å². The van der Waals surface area contributed by atoms with Gasteiger partial charge < -0.3 is 9.50 Å². The van der Waals surface area contributed by atoms with Gasteiger partial charge in [-0.3, -0.25) is 0 Å². The fraction of sp³-hybridized carbons (Fsp3) is 0.111. The third-order valence-corrected chi connectivity index (χ3v) is 4.81. The minimum Gasteiger partial charge on any atom is -0.371 e. The Bertz CT molecular complexity index is 975. The lowest BCUT2D eigenvalue weighted by Gasteiger charge is -2.12. The van der Waals surface area contributed by atoms with Crippen molar-refractivity contribution in [1.82, 2.24) is 14.3 Å². The third-order valence-electron chi connectivity index (χ3n) is 3.51. The van der Waals surface area contributed by atoms with E-state index >= 15 is 0 Å². The van der Waals surface area contributed by atoms with E-state index in [9.17, 15) is 8.42 Å². The first-order chi connectivity index (χ1) is 12.4. The van der Waals surface area contributed by atoms with Crippen molar-refractivity contribution in [3.63, 3.8) is 0 Å². The van der Waals surface area contributed by atoms with Crippen molar-refractivity contribution < 1.29 is 12.6 Å². The summed E-state index contributed by atoms with van der Waals surface area (Å²) in [6, 6.07) is 18.2. The Morgan fingerprint density at radius 3 is 2.31 bits per heavy atom. The zero-order valence-corrected chi connectivity index (χ0v) is 15.1. The molecule has 0 unspecified atom stereocenters. The van der Waals surface area contributed by atoms with Crippen LogP contribution in [0.25, 0.3) is 11.3 Å². The molecule has 1 heterocycles. The van der Waals surface area contributed by atoms with Crippen molar-refractivity contribution in [2.24, 2.45) is 0 Å². The Morgan fingerprint density at radius 2 is 1.65 bits per heavy atom. The van der Waals surface area contributed by atoms with E-state index in [0.29, 0.717) is 5.82 Å². The summed E-state index contributed by atoms with van der Waals surface area (Å²) in [5.74, 6) is 0.866. The molecule has 0 amide bonds. The number of nitrogens with zero attached hydrogens (tertiary/aromatic N) is 3. The fourth-order valence-corrected chi connectivity index (χ4v) is 2.63. The van der Waals surface area contributed by atoms with Crippen molar-refractivity contribution >= 4 is 21.8 Å². The summed E-state index contributed by atoms with van der Waals surface area (Å²) in [5.41, 5.74) is 2.55. The van der Waals surface area contributed by atoms with Gasteiger partial charge in [-0.2, -0.15) is 12.7 Å². The Hall–Kier alpha value is -2.97. The van der Waals surface area contributed by atoms with Gasteiger partial charge in [-0.1, -0.05) is 30.3 Å². The zero-order chi connectivity index (χ0) is 18.6. The van der Waals surface area contributed by atoms with E-state index < -0.39 is 10.3 Å². The molecule has 0 saturated carbocycles. The third kappa shape index (κ3) is 4.35. The highest BCUT2D eigenvalue weighted by molar-refractivity contribution is 7.84. The minimum atomic E-state index is -3.77. The van der Waals surface area contributed by atoms with Crippen LogP contribution < -0.4 is 9.50 Å². The summed E-state index contributed by atoms with van der Waals surface area (Å²) in [5, 5.41) is 3.16. The lowest BCUT2D eigenvalue weighted by molar-refractivity contribution is 0.421. The molecule has 3 aromatic rings. The highest BCUT2D eigenvalue weighted by Crippen LogP contribution is 2.23. The number of aromatic nitrogens is 2. The van der Waals surface area contributed by atoms with Crippen LogP contribution in [0.4, 0.5) is 11.5 Å². The molecule has 0 bridgehead atoms. The number of hydrogen-bond donors (Lipinski definition) is 1. The van der Waals surface area contributed by atoms with Crippen LogP contribution in [0.1, 0.15) is 0 Å². The van der Waals surface area contributed by atoms with Crippen molar-refractivity contribution in [3.05, 3.63) is 67.0 Å². The number of nitrogens with one attached hydrogen (secondary N) is 1. The van der Waals surface area contributed by atoms with E-state index in [-0.39, 0.29) is 5.75 Å². The molecule has 0 spiro atoms. The zero-order valence-electron chi connectivity index (χ0n) is 14.3. The molecule has 0 fully saturated rings. The predicted molar refractivity (Wildman–Crippen MR) is 100 cm³/mol. The Balaban J connectivity index is 1.74. The Morgan fingerprint density at radius 1 is 0.962 bits per heavy atom. The highest BCUT2D eigenvalue weighted by atomic mass is 32.2. The maximum Gasteiger partial charge on any atom is 0.384 e. The molecule has 0 saturated heterocycles. The summed E-state index contributed by atoms with van der Waals surface area (Å²) in [4.78, 5) is 8.49. The molecule has 2 aromatic carbocycles. The highest BCUT2D eigenvalue weighted by Gasteiger charge is 2.15. The number of anilines is 2. The van der Waals surface area contributed by atoms with E-state index in [2.05, 4.69) is 15.3 Å². The quantitative estimate of drug-likeness (QED) is 0.718. The molecule has 1 N–H and O–H groups in total. The average molecular weight is 370 g/mol. The van der Waals surface area contributed by atoms with Gasteiger partial charge in [0.1, 0.15) is 17.9 Å². The largest absolute Gasteiger partial charge is 0.384 e. The molecule has 0 radical (unpaired) electrons. The van der Waals surface area contributed by atoms with Gasteiger partial charge in [0.05, 0.1) is 5.69 Å². The fourth-order valence-electron chi connectivity index (χ4n) is 2.13. The summed E-state index contributed by atoms with van der Waals surface area (Å²) >= 11 is 0. The van der Waals surface area contributed by atoms with Crippen LogP contribution >= 0.6 is 0 Å². The second-order valence-electron chi connectivity index (χ2n) is 5.63. The van der Waals surface area contributed by atoms with Crippen LogP contribution in [-0.4, -0.2) is 36.8 Å². The maximum absolute atomic E-state index is 11.7. The average Bonchev–Trinajstić information content (AvgIpc) is 2.64. The van der Waals surface area contributed by atoms with E-state index in [0.717, 1.165) is 21.2 Å². The molecule has 1 aromatic heterocycles. The summed E-state index contributed by atoms with van der Waals surface area (Å²) in [7, 11) is -0.952. The minimum absolute atomic E-state index is 0.233. The van der Waals surface area contributed by atoms with Gasteiger partial charge in [-0.15, -0.1) is 0 Å². The summed E-state index contributed by atoms with van der Waals surface area (Å²) in [6.45, 7) is 0. The molecule has 0 aliphatic carbocycles. The van der Waals surface area contributed by atoms with Crippen molar-refractivity contribution in [2.75, 3.05) is 19.4 Å². The molecule has 0 aliphatic heterocycles. The first-order valence-corrected chi connectivity index (χ1v) is 9.17. The van der Waals surface area contributed by atoms with Crippen LogP contribution in [0.3, 0.4) is 0 Å². The summed E-state index contributed by atoms with van der Waals surface area (Å²) in [6.07, 6.45) is 1.49. The normalized spacial score (nSPS) is 11.3. The standard InChI is InChI=1S/C18H18N4O3S/c1-22(2)26(23,24)25-16-10-8-15(9-11-16)21-18-12-17(19-13-20-18)14-6-4-3-5-7-14/h3-13H,1-2H3,(H,19,20,21). The van der Waals surface area contributed by atoms with Crippen LogP contribution in [0.5, 0.6) is 5.75 Å². The second kappa shape index (κ2) is 7.51. The first kappa shape index (κ1) is 17.8. The molecule has 3 rings (SSSR count). The molecule has 0 atom stereocenters. The molecule has 26 heavy (non-hydrogen) atoms. The van der Waals surface area contributed by atoms with Gasteiger partial charge >= 0.3 is 10.3 Å².